The molecule has 1 N–H and O–H groups in total. The van der Waals surface area contributed by atoms with Crippen LogP contribution in [-0.4, -0.2) is 37.0 Å². The van der Waals surface area contributed by atoms with Crippen LogP contribution in [0.5, 0.6) is 0 Å². The van der Waals surface area contributed by atoms with Gasteiger partial charge in [0.1, 0.15) is 0 Å². The minimum absolute atomic E-state index is 0.297. The Hall–Kier alpha value is -0.570. The van der Waals surface area contributed by atoms with Crippen molar-refractivity contribution >= 4 is 5.91 Å². The van der Waals surface area contributed by atoms with Gasteiger partial charge in [0.25, 0.3) is 0 Å². The molecule has 110 valence electrons. The van der Waals surface area contributed by atoms with Crippen LogP contribution in [-0.2, 0) is 4.79 Å². The third-order valence-electron chi connectivity index (χ3n) is 4.76. The van der Waals surface area contributed by atoms with E-state index < -0.39 is 0 Å². The van der Waals surface area contributed by atoms with Crippen molar-refractivity contribution in [2.24, 2.45) is 11.8 Å². The molecule has 1 heterocycles. The summed E-state index contributed by atoms with van der Waals surface area (Å²) in [7, 11) is 0. The molecule has 3 heteroatoms. The number of piperazine rings is 1. The number of carbonyl (C=O) groups excluding carboxylic acids is 1. The molecule has 0 bridgehead atoms. The lowest BCUT2D eigenvalue weighted by atomic mass is 9.81. The van der Waals surface area contributed by atoms with E-state index in [-0.39, 0.29) is 0 Å². The highest BCUT2D eigenvalue weighted by Crippen LogP contribution is 2.31. The van der Waals surface area contributed by atoms with Gasteiger partial charge in [0.2, 0.25) is 5.91 Å². The normalized spacial score (nSPS) is 23.3. The predicted octanol–water partition coefficient (Wildman–Crippen LogP) is 2.80. The Labute approximate surface area is 118 Å². The van der Waals surface area contributed by atoms with Gasteiger partial charge in [-0.25, -0.2) is 0 Å². The van der Waals surface area contributed by atoms with E-state index >= 15 is 0 Å². The fourth-order valence-corrected chi connectivity index (χ4v) is 3.66. The van der Waals surface area contributed by atoms with Crippen LogP contribution in [0.15, 0.2) is 0 Å². The summed E-state index contributed by atoms with van der Waals surface area (Å²) in [5.41, 5.74) is 0. The van der Waals surface area contributed by atoms with Crippen molar-refractivity contribution in [1.29, 1.82) is 0 Å². The molecule has 2 aliphatic rings. The van der Waals surface area contributed by atoms with E-state index in [0.717, 1.165) is 51.4 Å². The van der Waals surface area contributed by atoms with Crippen molar-refractivity contribution in [3.05, 3.63) is 0 Å². The van der Waals surface area contributed by atoms with Gasteiger partial charge in [-0.15, -0.1) is 0 Å². The summed E-state index contributed by atoms with van der Waals surface area (Å²) >= 11 is 0. The van der Waals surface area contributed by atoms with Crippen LogP contribution in [0.4, 0.5) is 0 Å². The molecule has 1 unspecified atom stereocenters. The number of rotatable bonds is 5. The molecule has 0 radical (unpaired) electrons. The number of nitrogens with one attached hydrogen (secondary N) is 1. The Morgan fingerprint density at radius 3 is 2.53 bits per heavy atom. The highest BCUT2D eigenvalue weighted by atomic mass is 16.2. The van der Waals surface area contributed by atoms with Crippen molar-refractivity contribution in [3.8, 4) is 0 Å². The zero-order valence-corrected chi connectivity index (χ0v) is 12.5. The van der Waals surface area contributed by atoms with Crippen LogP contribution in [0.25, 0.3) is 0 Å². The molecule has 0 aromatic heterocycles. The maximum atomic E-state index is 12.7. The number of nitrogens with zero attached hydrogens (tertiary/aromatic N) is 1. The Bertz CT molecular complexity index is 268. The summed E-state index contributed by atoms with van der Waals surface area (Å²) in [4.78, 5) is 14.8. The van der Waals surface area contributed by atoms with Crippen LogP contribution >= 0.6 is 0 Å². The fourth-order valence-electron chi connectivity index (χ4n) is 3.66. The molecule has 0 spiro atoms. The molecule has 1 aliphatic carbocycles. The third kappa shape index (κ3) is 4.48. The van der Waals surface area contributed by atoms with Gasteiger partial charge in [-0.05, 0) is 18.8 Å². The second kappa shape index (κ2) is 7.88. The minimum Gasteiger partial charge on any atom is -0.340 e. The SMILES string of the molecule is CCCC(CC1CCCCC1)C(=O)N1CCNCC1. The van der Waals surface area contributed by atoms with Crippen molar-refractivity contribution in [1.82, 2.24) is 10.2 Å². The standard InChI is InChI=1S/C16H30N2O/c1-2-6-15(13-14-7-4-3-5-8-14)16(19)18-11-9-17-10-12-18/h14-15,17H,2-13H2,1H3. The van der Waals surface area contributed by atoms with Gasteiger partial charge in [0, 0.05) is 32.1 Å². The van der Waals surface area contributed by atoms with Crippen molar-refractivity contribution in [2.75, 3.05) is 26.2 Å². The molecule has 1 aliphatic heterocycles. The van der Waals surface area contributed by atoms with E-state index in [9.17, 15) is 4.79 Å². The molecule has 1 saturated carbocycles. The predicted molar refractivity (Wildman–Crippen MR) is 79.0 cm³/mol. The maximum absolute atomic E-state index is 12.7. The smallest absolute Gasteiger partial charge is 0.225 e. The second-order valence-corrected chi connectivity index (χ2v) is 6.30. The van der Waals surface area contributed by atoms with Gasteiger partial charge >= 0.3 is 0 Å². The summed E-state index contributed by atoms with van der Waals surface area (Å²) in [5.74, 6) is 1.55. The van der Waals surface area contributed by atoms with Crippen LogP contribution in [0.1, 0.15) is 58.3 Å². The first-order chi connectivity index (χ1) is 9.31. The Kier molecular flexibility index (Phi) is 6.15. The van der Waals surface area contributed by atoms with Gasteiger partial charge < -0.3 is 10.2 Å². The summed E-state index contributed by atoms with van der Waals surface area (Å²) in [6, 6.07) is 0. The lowest BCUT2D eigenvalue weighted by molar-refractivity contribution is -0.137. The van der Waals surface area contributed by atoms with Gasteiger partial charge in [-0.3, -0.25) is 4.79 Å². The lowest BCUT2D eigenvalue weighted by Crippen LogP contribution is -2.48. The van der Waals surface area contributed by atoms with Crippen molar-refractivity contribution in [2.45, 2.75) is 58.3 Å². The average molecular weight is 266 g/mol. The fraction of sp³-hybridized carbons (Fsp3) is 0.938. The number of hydrogen-bond acceptors (Lipinski definition) is 2. The first kappa shape index (κ1) is 14.8. The van der Waals surface area contributed by atoms with Crippen LogP contribution in [0.3, 0.4) is 0 Å². The van der Waals surface area contributed by atoms with E-state index in [2.05, 4.69) is 17.1 Å². The zero-order chi connectivity index (χ0) is 13.5. The Morgan fingerprint density at radius 2 is 1.89 bits per heavy atom. The molecule has 0 aromatic rings. The van der Waals surface area contributed by atoms with E-state index in [0.29, 0.717) is 11.8 Å². The monoisotopic (exact) mass is 266 g/mol. The average Bonchev–Trinajstić information content (AvgIpc) is 2.48. The summed E-state index contributed by atoms with van der Waals surface area (Å²) in [6.07, 6.45) is 10.2. The molecule has 1 amide bonds. The Balaban J connectivity index is 1.87. The quantitative estimate of drug-likeness (QED) is 0.830. The highest BCUT2D eigenvalue weighted by Gasteiger charge is 2.27. The molecule has 3 nitrogen and oxygen atoms in total. The summed E-state index contributed by atoms with van der Waals surface area (Å²) < 4.78 is 0. The number of amides is 1. The van der Waals surface area contributed by atoms with Crippen LogP contribution in [0.2, 0.25) is 0 Å². The van der Waals surface area contributed by atoms with E-state index in [4.69, 9.17) is 0 Å². The molecule has 1 saturated heterocycles. The molecule has 2 fully saturated rings. The first-order valence-corrected chi connectivity index (χ1v) is 8.30. The molecule has 2 rings (SSSR count). The third-order valence-corrected chi connectivity index (χ3v) is 4.76. The van der Waals surface area contributed by atoms with Gasteiger partial charge in [-0.2, -0.15) is 0 Å². The zero-order valence-electron chi connectivity index (χ0n) is 12.5. The Morgan fingerprint density at radius 1 is 1.21 bits per heavy atom. The molecular formula is C16H30N2O. The van der Waals surface area contributed by atoms with Crippen LogP contribution in [0, 0.1) is 11.8 Å². The van der Waals surface area contributed by atoms with Gasteiger partial charge in [-0.1, -0.05) is 45.4 Å². The minimum atomic E-state index is 0.297. The molecule has 19 heavy (non-hydrogen) atoms. The number of hydrogen-bond donors (Lipinski definition) is 1. The largest absolute Gasteiger partial charge is 0.340 e. The molecular weight excluding hydrogens is 236 g/mol. The number of carbonyl (C=O) groups is 1. The van der Waals surface area contributed by atoms with E-state index in [1.54, 1.807) is 0 Å². The van der Waals surface area contributed by atoms with Crippen molar-refractivity contribution in [3.63, 3.8) is 0 Å². The molecule has 0 aromatic carbocycles. The van der Waals surface area contributed by atoms with Crippen molar-refractivity contribution < 1.29 is 4.79 Å². The summed E-state index contributed by atoms with van der Waals surface area (Å²) in [6.45, 7) is 5.95. The summed E-state index contributed by atoms with van der Waals surface area (Å²) in [5, 5.41) is 3.33. The highest BCUT2D eigenvalue weighted by molar-refractivity contribution is 5.79. The van der Waals surface area contributed by atoms with E-state index in [1.165, 1.54) is 32.1 Å². The second-order valence-electron chi connectivity index (χ2n) is 6.30. The first-order valence-electron chi connectivity index (χ1n) is 8.30. The van der Waals surface area contributed by atoms with Crippen LogP contribution < -0.4 is 5.32 Å². The topological polar surface area (TPSA) is 32.3 Å². The van der Waals surface area contributed by atoms with Gasteiger partial charge in [0.15, 0.2) is 0 Å². The maximum Gasteiger partial charge on any atom is 0.225 e. The van der Waals surface area contributed by atoms with Gasteiger partial charge in [0.05, 0.1) is 0 Å². The molecule has 1 atom stereocenters. The lowest BCUT2D eigenvalue weighted by Gasteiger charge is -2.33. The van der Waals surface area contributed by atoms with E-state index in [1.807, 2.05) is 0 Å².